The van der Waals surface area contributed by atoms with E-state index >= 15 is 0 Å². The van der Waals surface area contributed by atoms with Gasteiger partial charge in [0, 0.05) is 17.0 Å². The van der Waals surface area contributed by atoms with Crippen molar-refractivity contribution >= 4 is 39.9 Å². The highest BCUT2D eigenvalue weighted by atomic mass is 35.5. The van der Waals surface area contributed by atoms with Gasteiger partial charge in [-0.05, 0) is 40.6 Å². The molecule has 3 heterocycles. The quantitative estimate of drug-likeness (QED) is 0.361. The molecule has 0 atom stereocenters. The molecule has 2 aromatic carbocycles. The number of thiazole rings is 1. The zero-order valence-electron chi connectivity index (χ0n) is 17.6. The molecule has 1 aliphatic heterocycles. The number of H-pyrrole nitrogens is 1. The van der Waals surface area contributed by atoms with Gasteiger partial charge in [0.25, 0.3) is 0 Å². The minimum atomic E-state index is -4.60. The lowest BCUT2D eigenvalue weighted by Gasteiger charge is -2.15. The number of aromatic hydroxyl groups is 1. The van der Waals surface area contributed by atoms with Gasteiger partial charge < -0.3 is 10.4 Å². The van der Waals surface area contributed by atoms with Crippen LogP contribution in [-0.4, -0.2) is 31.7 Å². The van der Waals surface area contributed by atoms with Gasteiger partial charge in [-0.3, -0.25) is 0 Å². The normalized spacial score (nSPS) is 13.5. The maximum atomic E-state index is 13.8. The molecule has 0 saturated heterocycles. The van der Waals surface area contributed by atoms with Crippen LogP contribution >= 0.6 is 22.9 Å². The van der Waals surface area contributed by atoms with Crippen LogP contribution < -0.4 is 15.9 Å². The van der Waals surface area contributed by atoms with Crippen molar-refractivity contribution < 1.29 is 18.3 Å². The predicted molar refractivity (Wildman–Crippen MR) is 125 cm³/mol. The molecule has 3 N–H and O–H groups in total. The number of anilines is 1. The number of hydrogen-bond donors (Lipinski definition) is 3. The first-order valence-electron chi connectivity index (χ1n) is 10.2. The van der Waals surface area contributed by atoms with Crippen molar-refractivity contribution in [1.29, 1.82) is 0 Å². The predicted octanol–water partition coefficient (Wildman–Crippen LogP) is 3.66. The molecular weight excluding hydrogens is 503 g/mol. The monoisotopic (exact) mass is 517 g/mol. The van der Waals surface area contributed by atoms with Crippen LogP contribution in [0.3, 0.4) is 0 Å². The minimum Gasteiger partial charge on any atom is -0.492 e. The third kappa shape index (κ3) is 4.88. The lowest BCUT2D eigenvalue weighted by Crippen LogP contribution is -2.17. The molecule has 1 aliphatic rings. The summed E-state index contributed by atoms with van der Waals surface area (Å²) in [4.78, 5) is 4.49. The Morgan fingerprint density at radius 3 is 2.80 bits per heavy atom. The van der Waals surface area contributed by atoms with E-state index in [1.54, 1.807) is 24.4 Å². The van der Waals surface area contributed by atoms with Gasteiger partial charge in [-0.15, -0.1) is 0 Å². The van der Waals surface area contributed by atoms with Gasteiger partial charge >= 0.3 is 6.18 Å². The Balaban J connectivity index is 1.61. The molecule has 0 fully saturated rings. The van der Waals surface area contributed by atoms with E-state index in [2.05, 4.69) is 35.9 Å². The van der Waals surface area contributed by atoms with Crippen molar-refractivity contribution in [3.63, 3.8) is 0 Å². The van der Waals surface area contributed by atoms with Gasteiger partial charge in [-0.1, -0.05) is 35.1 Å². The molecule has 0 saturated carbocycles. The van der Waals surface area contributed by atoms with Gasteiger partial charge in [0.05, 0.1) is 34.8 Å². The lowest BCUT2D eigenvalue weighted by molar-refractivity contribution is -0.138. The highest BCUT2D eigenvalue weighted by Crippen LogP contribution is 2.38. The molecule has 0 aliphatic carbocycles. The summed E-state index contributed by atoms with van der Waals surface area (Å²) in [6, 6.07) is 8.89. The maximum Gasteiger partial charge on any atom is 0.416 e. The molecular formula is C22H15ClF3N7OS. The second kappa shape index (κ2) is 9.12. The van der Waals surface area contributed by atoms with Crippen molar-refractivity contribution in [3.8, 4) is 5.88 Å². The molecule has 0 radical (unpaired) electrons. The molecule has 2 aromatic heterocycles. The third-order valence-corrected chi connectivity index (χ3v) is 6.55. The highest BCUT2D eigenvalue weighted by Gasteiger charge is 2.34. The summed E-state index contributed by atoms with van der Waals surface area (Å²) in [5.74, 6) is -0.297. The van der Waals surface area contributed by atoms with Crippen LogP contribution in [0.4, 0.5) is 18.3 Å². The van der Waals surface area contributed by atoms with Crippen molar-refractivity contribution in [3.05, 3.63) is 85.5 Å². The van der Waals surface area contributed by atoms with E-state index in [9.17, 15) is 18.3 Å². The fraction of sp³-hybridized carbons (Fsp3) is 0.136. The van der Waals surface area contributed by atoms with Crippen LogP contribution in [0.25, 0.3) is 5.57 Å². The van der Waals surface area contributed by atoms with Crippen molar-refractivity contribution in [2.75, 3.05) is 5.32 Å². The number of nitrogens with one attached hydrogen (secondary N) is 2. The van der Waals surface area contributed by atoms with Crippen LogP contribution in [0, 0.1) is 0 Å². The van der Waals surface area contributed by atoms with Crippen LogP contribution in [-0.2, 0) is 19.1 Å². The Bertz CT molecular complexity index is 1550. The summed E-state index contributed by atoms with van der Waals surface area (Å²) in [5.41, 5.74) is 0.989. The second-order valence-corrected chi connectivity index (χ2v) is 8.99. The molecule has 0 spiro atoms. The number of fused-ring (bicyclic) bond motifs is 1. The van der Waals surface area contributed by atoms with E-state index in [0.717, 1.165) is 23.0 Å². The summed E-state index contributed by atoms with van der Waals surface area (Å²) in [6.45, 7) is 0.296. The van der Waals surface area contributed by atoms with E-state index in [1.807, 2.05) is 0 Å². The summed E-state index contributed by atoms with van der Waals surface area (Å²) in [5, 5.41) is 33.4. The Hall–Kier alpha value is -3.77. The maximum absolute atomic E-state index is 13.8. The Morgan fingerprint density at radius 2 is 2.03 bits per heavy atom. The lowest BCUT2D eigenvalue weighted by atomic mass is 9.96. The molecule has 5 rings (SSSR count). The number of halogens is 4. The molecule has 178 valence electrons. The largest absolute Gasteiger partial charge is 0.492 e. The standard InChI is InChI=1S/C22H15ClF3N7OS/c23-14-3-1-12(17(7-14)22(24,25)26)6-16(11-2-4-18-13(5-11)8-28-32-18)19-20(34)30-21(35-19)27-9-15-10-29-33-31-15/h1-5,7-8,10,34H,6,9H2,(H,27,30)(H,29,31,33). The number of aromatic nitrogens is 4. The number of aromatic amines is 1. The number of benzene rings is 2. The number of hydrogen-bond acceptors (Lipinski definition) is 8. The summed E-state index contributed by atoms with van der Waals surface area (Å²) in [6.07, 6.45) is -1.63. The number of rotatable bonds is 6. The van der Waals surface area contributed by atoms with Crippen LogP contribution in [0.2, 0.25) is 5.02 Å². The fourth-order valence-corrected chi connectivity index (χ4v) is 4.71. The molecule has 13 heteroatoms. The molecule has 4 aromatic rings. The first kappa shape index (κ1) is 23.0. The van der Waals surface area contributed by atoms with Gasteiger partial charge in [-0.2, -0.15) is 43.8 Å². The molecule has 0 unspecified atom stereocenters. The Labute approximate surface area is 204 Å². The highest BCUT2D eigenvalue weighted by molar-refractivity contribution is 7.16. The summed E-state index contributed by atoms with van der Waals surface area (Å²) in [7, 11) is 0. The SMILES string of the molecule is Oc1nc(NCc2cn[nH]n2)sc1C(Cc1ccc(Cl)cc1C(F)(F)F)=c1ccc2c(c1)C=NN=2. The zero-order valence-corrected chi connectivity index (χ0v) is 19.2. The first-order chi connectivity index (χ1) is 16.8. The second-order valence-electron chi connectivity index (χ2n) is 7.56. The van der Waals surface area contributed by atoms with E-state index in [1.165, 1.54) is 18.3 Å². The van der Waals surface area contributed by atoms with Crippen molar-refractivity contribution in [2.24, 2.45) is 10.2 Å². The van der Waals surface area contributed by atoms with Crippen molar-refractivity contribution in [1.82, 2.24) is 20.4 Å². The topological polar surface area (TPSA) is 111 Å². The third-order valence-electron chi connectivity index (χ3n) is 5.25. The van der Waals surface area contributed by atoms with Crippen LogP contribution in [0.5, 0.6) is 5.88 Å². The van der Waals surface area contributed by atoms with Gasteiger partial charge in [0.15, 0.2) is 5.13 Å². The zero-order chi connectivity index (χ0) is 24.6. The molecule has 0 amide bonds. The molecule has 8 nitrogen and oxygen atoms in total. The number of nitrogens with zero attached hydrogens (tertiary/aromatic N) is 5. The summed E-state index contributed by atoms with van der Waals surface area (Å²) >= 11 is 6.98. The van der Waals surface area contributed by atoms with E-state index < -0.39 is 11.7 Å². The van der Waals surface area contributed by atoms with E-state index in [4.69, 9.17) is 11.6 Å². The van der Waals surface area contributed by atoms with Gasteiger partial charge in [0.1, 0.15) is 5.69 Å². The van der Waals surface area contributed by atoms with E-state index in [0.29, 0.717) is 38.4 Å². The first-order valence-corrected chi connectivity index (χ1v) is 11.4. The van der Waals surface area contributed by atoms with Gasteiger partial charge in [0.2, 0.25) is 5.88 Å². The molecule has 0 bridgehead atoms. The van der Waals surface area contributed by atoms with Crippen molar-refractivity contribution in [2.45, 2.75) is 19.1 Å². The smallest absolute Gasteiger partial charge is 0.416 e. The Kier molecular flexibility index (Phi) is 5.99. The van der Waals surface area contributed by atoms with E-state index in [-0.39, 0.29) is 22.9 Å². The van der Waals surface area contributed by atoms with Gasteiger partial charge in [-0.25, -0.2) is 0 Å². The number of alkyl halides is 3. The van der Waals surface area contributed by atoms with Crippen LogP contribution in [0.15, 0.2) is 52.8 Å². The molecule has 35 heavy (non-hydrogen) atoms. The average molecular weight is 518 g/mol. The van der Waals surface area contributed by atoms with Crippen LogP contribution in [0.1, 0.15) is 27.3 Å². The summed E-state index contributed by atoms with van der Waals surface area (Å²) < 4.78 is 41.4. The Morgan fingerprint density at radius 1 is 1.17 bits per heavy atom. The average Bonchev–Trinajstić information content (AvgIpc) is 3.57. The fourth-order valence-electron chi connectivity index (χ4n) is 3.62. The minimum absolute atomic E-state index is 0.0145.